The fourth-order valence-corrected chi connectivity index (χ4v) is 9.33. The van der Waals surface area contributed by atoms with E-state index in [0.717, 1.165) is 107 Å². The number of hydrogen-bond donors (Lipinski definition) is 1. The van der Waals surface area contributed by atoms with Gasteiger partial charge in [-0.3, -0.25) is 33.8 Å². The Kier molecular flexibility index (Phi) is 14.8. The minimum Gasteiger partial charge on any atom is -0.493 e. The van der Waals surface area contributed by atoms with Gasteiger partial charge in [0.25, 0.3) is 17.7 Å². The number of nitrogen functional groups attached to an aromatic ring is 1. The number of imide groups is 2. The lowest BCUT2D eigenvalue weighted by atomic mass is 9.97. The zero-order valence-corrected chi connectivity index (χ0v) is 38.1. The van der Waals surface area contributed by atoms with E-state index in [1.54, 1.807) is 35.7 Å². The van der Waals surface area contributed by atoms with Crippen LogP contribution < -0.4 is 15.2 Å². The van der Waals surface area contributed by atoms with E-state index in [0.29, 0.717) is 42.9 Å². The van der Waals surface area contributed by atoms with Crippen LogP contribution in [0.25, 0.3) is 10.4 Å². The van der Waals surface area contributed by atoms with Crippen LogP contribution in [0.4, 0.5) is 5.82 Å². The van der Waals surface area contributed by atoms with Crippen molar-refractivity contribution < 1.29 is 33.4 Å². The minimum atomic E-state index is -0.998. The topological polar surface area (TPSA) is 165 Å². The Morgan fingerprint density at radius 3 is 2.36 bits per heavy atom. The monoisotopic (exact) mass is 886 g/mol. The number of unbranched alkanes of at least 4 members (excludes halogenated alkanes) is 6. The highest BCUT2D eigenvalue weighted by atomic mass is 32.1. The van der Waals surface area contributed by atoms with Crippen molar-refractivity contribution in [3.63, 3.8) is 0 Å². The lowest BCUT2D eigenvalue weighted by Gasteiger charge is -2.32. The van der Waals surface area contributed by atoms with Crippen molar-refractivity contribution in [1.29, 1.82) is 0 Å². The fourth-order valence-electron chi connectivity index (χ4n) is 8.27. The van der Waals surface area contributed by atoms with E-state index in [1.807, 2.05) is 41.4 Å². The van der Waals surface area contributed by atoms with Gasteiger partial charge in [-0.05, 0) is 88.8 Å². The van der Waals surface area contributed by atoms with Crippen LogP contribution in [0.5, 0.6) is 11.5 Å². The standard InChI is InChI=1S/C50H58N6O7S/c1-50(2,3)24-21-33-14-12-15-34(28-33)32-63-40-29-36(30-52-45(40)51)41-31-53-46(64-41)35-22-25-55(26-23-35)43(58)18-10-8-6-5-7-9-11-27-62-39-17-13-16-37-44(39)49(61)56(47(37)59)38-19-20-42(57)54(4)48(38)60/h12-17,28-31,35,38H,5-11,18-20,22-23,25-27,32H2,1-4H3,(H2,51,52). The first kappa shape index (κ1) is 45.9. The Morgan fingerprint density at radius 1 is 0.859 bits per heavy atom. The molecule has 0 saturated carbocycles. The first-order valence-electron chi connectivity index (χ1n) is 22.5. The summed E-state index contributed by atoms with van der Waals surface area (Å²) in [7, 11) is 1.37. The molecule has 13 nitrogen and oxygen atoms in total. The molecule has 14 heteroatoms. The second-order valence-corrected chi connectivity index (χ2v) is 19.0. The van der Waals surface area contributed by atoms with E-state index in [-0.39, 0.29) is 41.2 Å². The lowest BCUT2D eigenvalue weighted by Crippen LogP contribution is -2.54. The van der Waals surface area contributed by atoms with Gasteiger partial charge in [-0.2, -0.15) is 0 Å². The van der Waals surface area contributed by atoms with Crippen molar-refractivity contribution in [1.82, 2.24) is 24.7 Å². The summed E-state index contributed by atoms with van der Waals surface area (Å²) in [6.45, 7) is 8.48. The van der Waals surface area contributed by atoms with Crippen molar-refractivity contribution >= 4 is 46.7 Å². The van der Waals surface area contributed by atoms with Crippen LogP contribution in [0, 0.1) is 17.3 Å². The van der Waals surface area contributed by atoms with E-state index < -0.39 is 23.8 Å². The Hall–Kier alpha value is -6.07. The van der Waals surface area contributed by atoms with Crippen LogP contribution in [-0.2, 0) is 21.0 Å². The molecule has 4 aromatic rings. The number of anilines is 1. The maximum Gasteiger partial charge on any atom is 0.266 e. The lowest BCUT2D eigenvalue weighted by molar-refractivity contribution is -0.149. The third kappa shape index (κ3) is 11.2. The molecule has 0 aliphatic carbocycles. The molecule has 2 aromatic carbocycles. The first-order valence-corrected chi connectivity index (χ1v) is 23.3. The Morgan fingerprint density at radius 2 is 1.59 bits per heavy atom. The molecule has 64 heavy (non-hydrogen) atoms. The van der Waals surface area contributed by atoms with Gasteiger partial charge in [0.2, 0.25) is 11.8 Å². The van der Waals surface area contributed by atoms with Crippen LogP contribution in [0.2, 0.25) is 0 Å². The Bertz CT molecular complexity index is 2440. The largest absolute Gasteiger partial charge is 0.493 e. The van der Waals surface area contributed by atoms with Gasteiger partial charge in [-0.25, -0.2) is 9.97 Å². The summed E-state index contributed by atoms with van der Waals surface area (Å²) in [5, 5.41) is 1.07. The average Bonchev–Trinajstić information content (AvgIpc) is 3.88. The van der Waals surface area contributed by atoms with Gasteiger partial charge in [0, 0.05) is 67.8 Å². The predicted molar refractivity (Wildman–Crippen MR) is 246 cm³/mol. The van der Waals surface area contributed by atoms with Gasteiger partial charge in [-0.1, -0.05) is 62.1 Å². The van der Waals surface area contributed by atoms with Crippen LogP contribution in [0.3, 0.4) is 0 Å². The summed E-state index contributed by atoms with van der Waals surface area (Å²) < 4.78 is 12.1. The maximum absolute atomic E-state index is 13.4. The number of aromatic nitrogens is 2. The van der Waals surface area contributed by atoms with Crippen LogP contribution in [0.15, 0.2) is 60.9 Å². The number of ether oxygens (including phenoxy) is 2. The number of benzene rings is 2. The molecular formula is C50H58N6O7S. The number of carbonyl (C=O) groups excluding carboxylic acids is 5. The fraction of sp³-hybridized carbons (Fsp3) is 0.460. The van der Waals surface area contributed by atoms with E-state index in [2.05, 4.69) is 37.6 Å². The summed E-state index contributed by atoms with van der Waals surface area (Å²) in [4.78, 5) is 78.5. The number of piperidine rings is 2. The molecule has 0 radical (unpaired) electrons. The molecule has 2 N–H and O–H groups in total. The van der Waals surface area contributed by atoms with Gasteiger partial charge >= 0.3 is 0 Å². The minimum absolute atomic E-state index is 0.0769. The van der Waals surface area contributed by atoms with E-state index in [1.165, 1.54) is 7.05 Å². The van der Waals surface area contributed by atoms with Gasteiger partial charge < -0.3 is 20.1 Å². The number of rotatable bonds is 17. The molecule has 0 spiro atoms. The van der Waals surface area contributed by atoms with E-state index in [9.17, 15) is 24.0 Å². The van der Waals surface area contributed by atoms with Crippen LogP contribution >= 0.6 is 11.3 Å². The Balaban J connectivity index is 0.770. The van der Waals surface area contributed by atoms with Crippen LogP contribution in [0.1, 0.15) is 141 Å². The molecule has 0 bridgehead atoms. The van der Waals surface area contributed by atoms with Crippen molar-refractivity contribution in [3.8, 4) is 33.8 Å². The van der Waals surface area contributed by atoms with Gasteiger partial charge in [0.15, 0.2) is 11.6 Å². The second kappa shape index (κ2) is 20.6. The van der Waals surface area contributed by atoms with Crippen molar-refractivity contribution in [2.45, 2.75) is 116 Å². The number of amides is 5. The number of likely N-dealkylation sites (N-methyl/N-ethyl adjacent to an activating group) is 1. The maximum atomic E-state index is 13.4. The normalized spacial score (nSPS) is 16.8. The highest BCUT2D eigenvalue weighted by molar-refractivity contribution is 7.15. The molecule has 2 aromatic heterocycles. The number of hydrogen-bond acceptors (Lipinski definition) is 11. The number of carbonyl (C=O) groups is 5. The molecule has 5 amide bonds. The molecule has 1 unspecified atom stereocenters. The summed E-state index contributed by atoms with van der Waals surface area (Å²) >= 11 is 1.66. The number of fused-ring (bicyclic) bond motifs is 1. The molecule has 1 atom stereocenters. The summed E-state index contributed by atoms with van der Waals surface area (Å²) in [5.74, 6) is 6.28. The van der Waals surface area contributed by atoms with E-state index >= 15 is 0 Å². The van der Waals surface area contributed by atoms with Crippen molar-refractivity contribution in [3.05, 3.63) is 88.2 Å². The smallest absolute Gasteiger partial charge is 0.266 e. The zero-order chi connectivity index (χ0) is 45.4. The quantitative estimate of drug-likeness (QED) is 0.0618. The number of pyridine rings is 1. The molecule has 3 aliphatic heterocycles. The van der Waals surface area contributed by atoms with E-state index in [4.69, 9.17) is 20.2 Å². The molecule has 2 saturated heterocycles. The van der Waals surface area contributed by atoms with Crippen molar-refractivity contribution in [2.75, 3.05) is 32.5 Å². The first-order chi connectivity index (χ1) is 30.8. The summed E-state index contributed by atoms with van der Waals surface area (Å²) in [6, 6.07) is 13.9. The molecular weight excluding hydrogens is 829 g/mol. The highest BCUT2D eigenvalue weighted by Crippen LogP contribution is 2.38. The molecule has 5 heterocycles. The third-order valence-electron chi connectivity index (χ3n) is 11.9. The Labute approximate surface area is 379 Å². The zero-order valence-electron chi connectivity index (χ0n) is 37.3. The molecule has 336 valence electrons. The second-order valence-electron chi connectivity index (χ2n) is 17.9. The SMILES string of the molecule is CN1C(=O)CCC(N2C(=O)c3cccc(OCCCCCCCCCC(=O)N4CCC(c5ncc(-c6cnc(N)c(OCc7cccc(C#CC(C)(C)C)c7)c6)s5)CC4)c3C2=O)C1=O. The summed E-state index contributed by atoms with van der Waals surface area (Å²) in [5.41, 5.74) is 9.38. The number of thiazole rings is 1. The number of likely N-dealkylation sites (tertiary alicyclic amines) is 2. The van der Waals surface area contributed by atoms with Crippen LogP contribution in [-0.4, -0.2) is 87.0 Å². The number of nitrogens with two attached hydrogens (primary N) is 1. The highest BCUT2D eigenvalue weighted by Gasteiger charge is 2.47. The third-order valence-corrected chi connectivity index (χ3v) is 13.1. The van der Waals surface area contributed by atoms with Gasteiger partial charge in [0.1, 0.15) is 18.4 Å². The molecule has 2 fully saturated rings. The predicted octanol–water partition coefficient (Wildman–Crippen LogP) is 8.41. The van der Waals surface area contributed by atoms with Crippen molar-refractivity contribution in [2.24, 2.45) is 5.41 Å². The average molecular weight is 887 g/mol. The van der Waals surface area contributed by atoms with Gasteiger partial charge in [-0.15, -0.1) is 11.3 Å². The summed E-state index contributed by atoms with van der Waals surface area (Å²) in [6.07, 6.45) is 13.0. The molecule has 7 rings (SSSR count). The molecule has 3 aliphatic rings. The van der Waals surface area contributed by atoms with Gasteiger partial charge in [0.05, 0.1) is 27.6 Å². The number of nitrogens with zero attached hydrogens (tertiary/aromatic N) is 5.